The average Bonchev–Trinajstić information content (AvgIpc) is 2.33. The summed E-state index contributed by atoms with van der Waals surface area (Å²) >= 11 is 9.14. The molecule has 0 saturated heterocycles. The van der Waals surface area contributed by atoms with E-state index < -0.39 is 10.0 Å². The van der Waals surface area contributed by atoms with Gasteiger partial charge in [-0.15, -0.1) is 0 Å². The Hall–Kier alpha value is -1.24. The molecule has 0 amide bonds. The van der Waals surface area contributed by atoms with E-state index in [0.717, 1.165) is 4.47 Å². The molecule has 0 aliphatic heterocycles. The molecule has 0 aliphatic rings. The fraction of sp³-hybridized carbons (Fsp3) is 0. The van der Waals surface area contributed by atoms with E-state index in [4.69, 9.17) is 17.3 Å². The van der Waals surface area contributed by atoms with E-state index >= 15 is 0 Å². The molecular weight excluding hydrogens is 352 g/mol. The lowest BCUT2D eigenvalue weighted by Gasteiger charge is -2.11. The zero-order valence-electron chi connectivity index (χ0n) is 9.60. The van der Waals surface area contributed by atoms with E-state index in [1.165, 1.54) is 12.1 Å². The number of nitrogens with two attached hydrogens (primary N) is 1. The number of sulfonamides is 1. The lowest BCUT2D eigenvalue weighted by Crippen LogP contribution is -2.14. The van der Waals surface area contributed by atoms with Gasteiger partial charge in [0.1, 0.15) is 4.90 Å². The first-order valence-electron chi connectivity index (χ1n) is 5.22. The number of anilines is 2. The topological polar surface area (TPSA) is 72.2 Å². The summed E-state index contributed by atoms with van der Waals surface area (Å²) in [7, 11) is -3.76. The molecule has 0 radical (unpaired) electrons. The Morgan fingerprint density at radius 2 is 1.84 bits per heavy atom. The summed E-state index contributed by atoms with van der Waals surface area (Å²) in [6.07, 6.45) is 0. The van der Waals surface area contributed by atoms with Crippen molar-refractivity contribution < 1.29 is 8.42 Å². The van der Waals surface area contributed by atoms with Crippen LogP contribution < -0.4 is 10.5 Å². The molecule has 19 heavy (non-hydrogen) atoms. The summed E-state index contributed by atoms with van der Waals surface area (Å²) in [5, 5.41) is 0.158. The van der Waals surface area contributed by atoms with Crippen LogP contribution in [0.3, 0.4) is 0 Å². The molecule has 2 rings (SSSR count). The minimum Gasteiger partial charge on any atom is -0.397 e. The van der Waals surface area contributed by atoms with Crippen molar-refractivity contribution in [3.05, 3.63) is 52.0 Å². The van der Waals surface area contributed by atoms with Crippen molar-refractivity contribution in [2.24, 2.45) is 0 Å². The van der Waals surface area contributed by atoms with Crippen LogP contribution in [0.1, 0.15) is 0 Å². The van der Waals surface area contributed by atoms with Gasteiger partial charge in [0.2, 0.25) is 0 Å². The predicted octanol–water partition coefficient (Wildman–Crippen LogP) is 3.49. The lowest BCUT2D eigenvalue weighted by atomic mass is 10.3. The fourth-order valence-corrected chi connectivity index (χ4v) is 3.48. The molecule has 0 fully saturated rings. The van der Waals surface area contributed by atoms with Crippen molar-refractivity contribution in [2.45, 2.75) is 4.90 Å². The molecule has 4 nitrogen and oxygen atoms in total. The molecule has 100 valence electrons. The van der Waals surface area contributed by atoms with Crippen LogP contribution in [0, 0.1) is 0 Å². The van der Waals surface area contributed by atoms with Crippen molar-refractivity contribution in [1.82, 2.24) is 0 Å². The van der Waals surface area contributed by atoms with Crippen LogP contribution >= 0.6 is 27.5 Å². The third kappa shape index (κ3) is 3.20. The second kappa shape index (κ2) is 5.40. The van der Waals surface area contributed by atoms with E-state index in [1.807, 2.05) is 0 Å². The SMILES string of the molecule is Nc1cc(Br)ccc1NS(=O)(=O)c1ccccc1Cl. The summed E-state index contributed by atoms with van der Waals surface area (Å²) in [5.41, 5.74) is 6.39. The molecule has 0 spiro atoms. The van der Waals surface area contributed by atoms with E-state index in [9.17, 15) is 8.42 Å². The number of rotatable bonds is 3. The first kappa shape index (κ1) is 14.2. The smallest absolute Gasteiger partial charge is 0.263 e. The Labute approximate surface area is 124 Å². The van der Waals surface area contributed by atoms with Crippen LogP contribution in [0.2, 0.25) is 5.02 Å². The Kier molecular flexibility index (Phi) is 4.03. The van der Waals surface area contributed by atoms with Crippen LogP contribution in [0.5, 0.6) is 0 Å². The number of hydrogen-bond acceptors (Lipinski definition) is 3. The van der Waals surface area contributed by atoms with E-state index in [1.54, 1.807) is 30.3 Å². The predicted molar refractivity (Wildman–Crippen MR) is 80.8 cm³/mol. The number of benzene rings is 2. The van der Waals surface area contributed by atoms with Gasteiger partial charge in [-0.1, -0.05) is 39.7 Å². The normalized spacial score (nSPS) is 11.3. The molecule has 0 saturated carbocycles. The quantitative estimate of drug-likeness (QED) is 0.822. The second-order valence-corrected chi connectivity index (χ2v) is 6.74. The molecule has 0 bridgehead atoms. The standard InChI is InChI=1S/C12H10BrClN2O2S/c13-8-5-6-11(10(15)7-8)16-19(17,18)12-4-2-1-3-9(12)14/h1-7,16H,15H2. The van der Waals surface area contributed by atoms with Crippen LogP contribution in [0.4, 0.5) is 11.4 Å². The highest BCUT2D eigenvalue weighted by molar-refractivity contribution is 9.10. The van der Waals surface area contributed by atoms with Crippen molar-refractivity contribution in [3.8, 4) is 0 Å². The average molecular weight is 362 g/mol. The van der Waals surface area contributed by atoms with Crippen molar-refractivity contribution >= 4 is 48.9 Å². The van der Waals surface area contributed by atoms with Crippen molar-refractivity contribution in [1.29, 1.82) is 0 Å². The van der Waals surface area contributed by atoms with Gasteiger partial charge in [-0.05, 0) is 30.3 Å². The van der Waals surface area contributed by atoms with Gasteiger partial charge < -0.3 is 5.73 Å². The highest BCUT2D eigenvalue weighted by atomic mass is 79.9. The summed E-state index contributed by atoms with van der Waals surface area (Å²) in [5.74, 6) is 0. The van der Waals surface area contributed by atoms with E-state index in [2.05, 4.69) is 20.7 Å². The first-order chi connectivity index (χ1) is 8.90. The van der Waals surface area contributed by atoms with Crippen molar-refractivity contribution in [3.63, 3.8) is 0 Å². The number of nitrogen functional groups attached to an aromatic ring is 1. The number of hydrogen-bond donors (Lipinski definition) is 2. The molecule has 7 heteroatoms. The largest absolute Gasteiger partial charge is 0.397 e. The van der Waals surface area contributed by atoms with Gasteiger partial charge in [0.25, 0.3) is 10.0 Å². The van der Waals surface area contributed by atoms with E-state index in [-0.39, 0.29) is 9.92 Å². The Morgan fingerprint density at radius 3 is 2.47 bits per heavy atom. The summed E-state index contributed by atoms with van der Waals surface area (Å²) in [6, 6.07) is 11.1. The molecule has 0 aromatic heterocycles. The third-order valence-electron chi connectivity index (χ3n) is 2.38. The van der Waals surface area contributed by atoms with Gasteiger partial charge in [0, 0.05) is 4.47 Å². The maximum Gasteiger partial charge on any atom is 0.263 e. The van der Waals surface area contributed by atoms with Gasteiger partial charge in [-0.2, -0.15) is 0 Å². The van der Waals surface area contributed by atoms with Gasteiger partial charge in [-0.3, -0.25) is 4.72 Å². The summed E-state index contributed by atoms with van der Waals surface area (Å²) in [4.78, 5) is 0.0129. The zero-order valence-corrected chi connectivity index (χ0v) is 12.8. The molecule has 2 aromatic carbocycles. The monoisotopic (exact) mass is 360 g/mol. The van der Waals surface area contributed by atoms with Gasteiger partial charge in [-0.25, -0.2) is 8.42 Å². The minimum atomic E-state index is -3.76. The van der Waals surface area contributed by atoms with Crippen LogP contribution in [-0.4, -0.2) is 8.42 Å². The molecule has 0 unspecified atom stereocenters. The molecule has 0 atom stereocenters. The Bertz CT molecular complexity index is 719. The zero-order chi connectivity index (χ0) is 14.0. The maximum atomic E-state index is 12.2. The Balaban J connectivity index is 2.40. The Morgan fingerprint density at radius 1 is 1.16 bits per heavy atom. The van der Waals surface area contributed by atoms with Gasteiger partial charge in [0.05, 0.1) is 16.4 Å². The number of halogens is 2. The maximum absolute atomic E-state index is 12.2. The molecular formula is C12H10BrClN2O2S. The second-order valence-electron chi connectivity index (χ2n) is 3.77. The molecule has 0 aliphatic carbocycles. The first-order valence-corrected chi connectivity index (χ1v) is 7.88. The highest BCUT2D eigenvalue weighted by Gasteiger charge is 2.18. The lowest BCUT2D eigenvalue weighted by molar-refractivity contribution is 0.601. The molecule has 3 N–H and O–H groups in total. The minimum absolute atomic E-state index is 0.0129. The molecule has 2 aromatic rings. The van der Waals surface area contributed by atoms with Gasteiger partial charge >= 0.3 is 0 Å². The summed E-state index contributed by atoms with van der Waals surface area (Å²) in [6.45, 7) is 0. The molecule has 0 heterocycles. The fourth-order valence-electron chi connectivity index (χ4n) is 1.49. The van der Waals surface area contributed by atoms with Crippen LogP contribution in [0.15, 0.2) is 51.8 Å². The van der Waals surface area contributed by atoms with Crippen LogP contribution in [0.25, 0.3) is 0 Å². The third-order valence-corrected chi connectivity index (χ3v) is 4.74. The van der Waals surface area contributed by atoms with Crippen molar-refractivity contribution in [2.75, 3.05) is 10.5 Å². The summed E-state index contributed by atoms with van der Waals surface area (Å²) < 4.78 is 27.6. The number of nitrogens with one attached hydrogen (secondary N) is 1. The van der Waals surface area contributed by atoms with Gasteiger partial charge in [0.15, 0.2) is 0 Å². The van der Waals surface area contributed by atoms with Crippen LogP contribution in [-0.2, 0) is 10.0 Å². The highest BCUT2D eigenvalue weighted by Crippen LogP contribution is 2.27. The van der Waals surface area contributed by atoms with E-state index in [0.29, 0.717) is 11.4 Å².